The molecular formula is C16H28N2O2. The minimum Gasteiger partial charge on any atom is -0.469 e. The van der Waals surface area contributed by atoms with Crippen molar-refractivity contribution in [2.45, 2.75) is 69.5 Å². The maximum Gasteiger partial charge on any atom is 0.310 e. The smallest absolute Gasteiger partial charge is 0.310 e. The Morgan fingerprint density at radius 3 is 2.40 bits per heavy atom. The van der Waals surface area contributed by atoms with Gasteiger partial charge in [-0.25, -0.2) is 0 Å². The van der Waals surface area contributed by atoms with Gasteiger partial charge in [0.1, 0.15) is 0 Å². The van der Waals surface area contributed by atoms with Crippen LogP contribution in [0.25, 0.3) is 0 Å². The second-order valence-corrected chi connectivity index (χ2v) is 6.84. The molecule has 3 aliphatic rings. The predicted molar refractivity (Wildman–Crippen MR) is 78.5 cm³/mol. The molecule has 0 aromatic heterocycles. The topological polar surface area (TPSA) is 41.6 Å². The van der Waals surface area contributed by atoms with Crippen LogP contribution in [0.2, 0.25) is 0 Å². The van der Waals surface area contributed by atoms with Crippen LogP contribution in [0.5, 0.6) is 0 Å². The van der Waals surface area contributed by atoms with Crippen LogP contribution in [0.3, 0.4) is 0 Å². The molecule has 2 unspecified atom stereocenters. The Kier molecular flexibility index (Phi) is 4.61. The molecule has 4 heteroatoms. The van der Waals surface area contributed by atoms with Crippen molar-refractivity contribution in [2.75, 3.05) is 20.2 Å². The first kappa shape index (κ1) is 14.3. The van der Waals surface area contributed by atoms with E-state index in [1.165, 1.54) is 52.1 Å². The van der Waals surface area contributed by atoms with Gasteiger partial charge in [0.2, 0.25) is 0 Å². The van der Waals surface area contributed by atoms with E-state index in [0.717, 1.165) is 25.6 Å². The van der Waals surface area contributed by atoms with Gasteiger partial charge in [0, 0.05) is 31.2 Å². The van der Waals surface area contributed by atoms with Crippen molar-refractivity contribution in [3.63, 3.8) is 0 Å². The van der Waals surface area contributed by atoms with Crippen molar-refractivity contribution >= 4 is 5.97 Å². The van der Waals surface area contributed by atoms with E-state index in [2.05, 4.69) is 10.2 Å². The Hall–Kier alpha value is -0.610. The standard InChI is InChI=1S/C16H28N2O2/c1-20-16(19)12-9-14(17-13-5-2-3-6-13)11-18(10-12)15-7-4-8-15/h12-15,17H,2-11H2,1H3. The molecule has 0 aromatic rings. The molecule has 0 amide bonds. The summed E-state index contributed by atoms with van der Waals surface area (Å²) in [5.74, 6) is 0.0421. The zero-order chi connectivity index (χ0) is 13.9. The predicted octanol–water partition coefficient (Wildman–Crippen LogP) is 1.93. The number of hydrogen-bond donors (Lipinski definition) is 1. The highest BCUT2D eigenvalue weighted by Gasteiger charge is 2.37. The molecule has 2 aliphatic carbocycles. The highest BCUT2D eigenvalue weighted by Crippen LogP contribution is 2.30. The summed E-state index contributed by atoms with van der Waals surface area (Å²) in [6, 6.07) is 1.87. The van der Waals surface area contributed by atoms with Crippen LogP contribution in [0.1, 0.15) is 51.4 Å². The number of esters is 1. The van der Waals surface area contributed by atoms with E-state index in [1.807, 2.05) is 0 Å². The van der Waals surface area contributed by atoms with E-state index in [-0.39, 0.29) is 11.9 Å². The highest BCUT2D eigenvalue weighted by atomic mass is 16.5. The molecule has 114 valence electrons. The second kappa shape index (κ2) is 6.44. The number of nitrogens with zero attached hydrogens (tertiary/aromatic N) is 1. The summed E-state index contributed by atoms with van der Waals surface area (Å²) in [5, 5.41) is 3.81. The van der Waals surface area contributed by atoms with Gasteiger partial charge in [0.15, 0.2) is 0 Å². The van der Waals surface area contributed by atoms with Crippen molar-refractivity contribution in [1.82, 2.24) is 10.2 Å². The second-order valence-electron chi connectivity index (χ2n) is 6.84. The van der Waals surface area contributed by atoms with E-state index in [0.29, 0.717) is 12.1 Å². The fourth-order valence-electron chi connectivity index (χ4n) is 4.07. The zero-order valence-corrected chi connectivity index (χ0v) is 12.6. The van der Waals surface area contributed by atoms with Gasteiger partial charge >= 0.3 is 5.97 Å². The number of methoxy groups -OCH3 is 1. The number of ether oxygens (including phenoxy) is 1. The molecule has 0 spiro atoms. The number of nitrogens with one attached hydrogen (secondary N) is 1. The first-order valence-corrected chi connectivity index (χ1v) is 8.34. The van der Waals surface area contributed by atoms with Gasteiger partial charge in [0.25, 0.3) is 0 Å². The van der Waals surface area contributed by atoms with Crippen molar-refractivity contribution in [3.8, 4) is 0 Å². The molecule has 3 rings (SSSR count). The third-order valence-electron chi connectivity index (χ3n) is 5.43. The van der Waals surface area contributed by atoms with E-state index >= 15 is 0 Å². The Morgan fingerprint density at radius 1 is 1.05 bits per heavy atom. The Labute approximate surface area is 122 Å². The fourth-order valence-corrected chi connectivity index (χ4v) is 4.07. The average Bonchev–Trinajstić information content (AvgIpc) is 2.88. The van der Waals surface area contributed by atoms with Crippen LogP contribution in [0, 0.1) is 5.92 Å². The summed E-state index contributed by atoms with van der Waals surface area (Å²) in [7, 11) is 1.52. The largest absolute Gasteiger partial charge is 0.469 e. The normalized spacial score (nSPS) is 33.0. The maximum atomic E-state index is 11.9. The molecular weight excluding hydrogens is 252 g/mol. The lowest BCUT2D eigenvalue weighted by atomic mass is 9.86. The van der Waals surface area contributed by atoms with Crippen LogP contribution < -0.4 is 5.32 Å². The first-order valence-electron chi connectivity index (χ1n) is 8.34. The SMILES string of the molecule is COC(=O)C1CC(NC2CCCC2)CN(C2CCC2)C1. The van der Waals surface area contributed by atoms with E-state index in [1.54, 1.807) is 0 Å². The summed E-state index contributed by atoms with van der Waals surface area (Å²) in [4.78, 5) is 14.5. The van der Waals surface area contributed by atoms with Gasteiger partial charge in [-0.15, -0.1) is 0 Å². The molecule has 2 saturated carbocycles. The molecule has 2 atom stereocenters. The monoisotopic (exact) mass is 280 g/mol. The summed E-state index contributed by atoms with van der Waals surface area (Å²) in [5.41, 5.74) is 0. The molecule has 1 saturated heterocycles. The van der Waals surface area contributed by atoms with Gasteiger partial charge in [-0.3, -0.25) is 9.69 Å². The molecule has 1 heterocycles. The van der Waals surface area contributed by atoms with Gasteiger partial charge < -0.3 is 10.1 Å². The fraction of sp³-hybridized carbons (Fsp3) is 0.938. The van der Waals surface area contributed by atoms with E-state index < -0.39 is 0 Å². The molecule has 3 fully saturated rings. The quantitative estimate of drug-likeness (QED) is 0.799. The molecule has 1 aliphatic heterocycles. The van der Waals surface area contributed by atoms with E-state index in [4.69, 9.17) is 4.74 Å². The number of carbonyl (C=O) groups excluding carboxylic acids is 1. The molecule has 1 N–H and O–H groups in total. The third kappa shape index (κ3) is 3.17. The number of carbonyl (C=O) groups is 1. The lowest BCUT2D eigenvalue weighted by Crippen LogP contribution is -2.56. The van der Waals surface area contributed by atoms with Crippen molar-refractivity contribution in [2.24, 2.45) is 5.92 Å². The molecule has 20 heavy (non-hydrogen) atoms. The minimum atomic E-state index is -0.0211. The number of hydrogen-bond acceptors (Lipinski definition) is 4. The number of likely N-dealkylation sites (tertiary alicyclic amines) is 1. The van der Waals surface area contributed by atoms with Crippen molar-refractivity contribution in [3.05, 3.63) is 0 Å². The number of rotatable bonds is 4. The summed E-state index contributed by atoms with van der Waals surface area (Å²) in [6.45, 7) is 2.02. The van der Waals surface area contributed by atoms with Crippen LogP contribution in [0.15, 0.2) is 0 Å². The van der Waals surface area contributed by atoms with Crippen LogP contribution >= 0.6 is 0 Å². The molecule has 0 bridgehead atoms. The Bertz CT molecular complexity index is 337. The molecule has 4 nitrogen and oxygen atoms in total. The van der Waals surface area contributed by atoms with Crippen molar-refractivity contribution in [1.29, 1.82) is 0 Å². The minimum absolute atomic E-state index is 0.0211. The lowest BCUT2D eigenvalue weighted by molar-refractivity contribution is -0.148. The molecule has 0 aromatic carbocycles. The van der Waals surface area contributed by atoms with Gasteiger partial charge in [-0.1, -0.05) is 19.3 Å². The molecule has 0 radical (unpaired) electrons. The van der Waals surface area contributed by atoms with Crippen LogP contribution in [-0.4, -0.2) is 49.2 Å². The van der Waals surface area contributed by atoms with Crippen LogP contribution in [0.4, 0.5) is 0 Å². The first-order chi connectivity index (χ1) is 9.76. The summed E-state index contributed by atoms with van der Waals surface area (Å²) in [6.07, 6.45) is 10.3. The Balaban J connectivity index is 1.60. The Morgan fingerprint density at radius 2 is 1.80 bits per heavy atom. The van der Waals surface area contributed by atoms with Crippen LogP contribution in [-0.2, 0) is 9.53 Å². The zero-order valence-electron chi connectivity index (χ0n) is 12.6. The van der Waals surface area contributed by atoms with Gasteiger partial charge in [-0.2, -0.15) is 0 Å². The third-order valence-corrected chi connectivity index (χ3v) is 5.43. The van der Waals surface area contributed by atoms with Gasteiger partial charge in [0.05, 0.1) is 13.0 Å². The maximum absolute atomic E-state index is 11.9. The average molecular weight is 280 g/mol. The highest BCUT2D eigenvalue weighted by molar-refractivity contribution is 5.72. The summed E-state index contributed by atoms with van der Waals surface area (Å²) >= 11 is 0. The number of piperidine rings is 1. The van der Waals surface area contributed by atoms with Gasteiger partial charge in [-0.05, 0) is 32.1 Å². The van der Waals surface area contributed by atoms with E-state index in [9.17, 15) is 4.79 Å². The lowest BCUT2D eigenvalue weighted by Gasteiger charge is -2.45. The van der Waals surface area contributed by atoms with Crippen molar-refractivity contribution < 1.29 is 9.53 Å². The summed E-state index contributed by atoms with van der Waals surface area (Å²) < 4.78 is 4.99.